The molecule has 0 aliphatic carbocycles. The van der Waals surface area contributed by atoms with E-state index in [4.69, 9.17) is 14.8 Å². The van der Waals surface area contributed by atoms with Crippen molar-refractivity contribution in [3.63, 3.8) is 0 Å². The van der Waals surface area contributed by atoms with E-state index in [1.807, 2.05) is 36.4 Å². The third-order valence-corrected chi connectivity index (χ3v) is 6.78. The summed E-state index contributed by atoms with van der Waals surface area (Å²) in [5.41, 5.74) is 2.85. The number of nitrogens with one attached hydrogen (secondary N) is 1. The van der Waals surface area contributed by atoms with Crippen molar-refractivity contribution >= 4 is 34.0 Å². The molecule has 1 amide bonds. The molecule has 1 fully saturated rings. The molecule has 2 N–H and O–H groups in total. The van der Waals surface area contributed by atoms with Crippen LogP contribution in [0.3, 0.4) is 0 Å². The van der Waals surface area contributed by atoms with Gasteiger partial charge >= 0.3 is 5.97 Å². The summed E-state index contributed by atoms with van der Waals surface area (Å²) in [6, 6.07) is 11.7. The third-order valence-electron chi connectivity index (χ3n) is 5.63. The number of methoxy groups -OCH3 is 1. The Kier molecular flexibility index (Phi) is 7.58. The van der Waals surface area contributed by atoms with Crippen molar-refractivity contribution in [2.45, 2.75) is 12.8 Å². The second-order valence-electron chi connectivity index (χ2n) is 7.88. The van der Waals surface area contributed by atoms with Gasteiger partial charge < -0.3 is 25.0 Å². The number of aliphatic carboxylic acids is 1. The zero-order chi connectivity index (χ0) is 23.9. The molecule has 0 unspecified atom stereocenters. The van der Waals surface area contributed by atoms with Gasteiger partial charge in [0.05, 0.1) is 19.2 Å². The number of amides is 1. The Hall–Kier alpha value is -3.66. The highest BCUT2D eigenvalue weighted by Crippen LogP contribution is 2.30. The minimum absolute atomic E-state index is 0.0774. The summed E-state index contributed by atoms with van der Waals surface area (Å²) in [6.07, 6.45) is 3.97. The Bertz CT molecular complexity index is 1110. The van der Waals surface area contributed by atoms with Crippen LogP contribution in [0.25, 0.3) is 0 Å². The summed E-state index contributed by atoms with van der Waals surface area (Å²) in [5, 5.41) is 12.4. The molecule has 2 aromatic heterocycles. The molecule has 3 heterocycles. The van der Waals surface area contributed by atoms with E-state index < -0.39 is 5.97 Å². The van der Waals surface area contributed by atoms with E-state index in [9.17, 15) is 9.59 Å². The summed E-state index contributed by atoms with van der Waals surface area (Å²) < 4.78 is 5.23. The number of carboxylic acid groups (broad SMARTS) is 1. The molecule has 1 aromatic carbocycles. The summed E-state index contributed by atoms with van der Waals surface area (Å²) in [6.45, 7) is 3.35. The first-order valence-electron chi connectivity index (χ1n) is 11.1. The maximum absolute atomic E-state index is 12.9. The van der Waals surface area contributed by atoms with E-state index in [1.54, 1.807) is 19.5 Å². The third kappa shape index (κ3) is 5.82. The molecule has 10 heteroatoms. The first kappa shape index (κ1) is 23.5. The number of piperazine rings is 1. The van der Waals surface area contributed by atoms with Crippen LogP contribution < -0.4 is 19.9 Å². The monoisotopic (exact) mass is 481 g/mol. The summed E-state index contributed by atoms with van der Waals surface area (Å²) >= 11 is 1.36. The number of pyridine rings is 1. The standard InChI is InChI=1S/C24H27N5O4S/c1-33-19-4-2-17(3-5-19)16-20-22(23(32)26-11-8-21(30)31)34-24(27-20)29-14-12-28(13-15-29)18-6-9-25-10-7-18/h2-7,9-10H,8,11-16H2,1H3,(H,26,32)(H,30,31). The van der Waals surface area contributed by atoms with Gasteiger partial charge in [0.25, 0.3) is 5.91 Å². The topological polar surface area (TPSA) is 108 Å². The van der Waals surface area contributed by atoms with E-state index in [0.717, 1.165) is 48.3 Å². The lowest BCUT2D eigenvalue weighted by atomic mass is 10.1. The average molecular weight is 482 g/mol. The smallest absolute Gasteiger partial charge is 0.305 e. The van der Waals surface area contributed by atoms with E-state index in [0.29, 0.717) is 17.0 Å². The minimum Gasteiger partial charge on any atom is -0.497 e. The lowest BCUT2D eigenvalue weighted by molar-refractivity contribution is -0.136. The van der Waals surface area contributed by atoms with Gasteiger partial charge in [-0.05, 0) is 29.8 Å². The van der Waals surface area contributed by atoms with Crippen molar-refractivity contribution < 1.29 is 19.4 Å². The zero-order valence-corrected chi connectivity index (χ0v) is 19.8. The number of hydrogen-bond acceptors (Lipinski definition) is 8. The molecule has 0 atom stereocenters. The van der Waals surface area contributed by atoms with E-state index in [2.05, 4.69) is 20.1 Å². The van der Waals surface area contributed by atoms with E-state index in [1.165, 1.54) is 11.3 Å². The molecule has 9 nitrogen and oxygen atoms in total. The molecule has 34 heavy (non-hydrogen) atoms. The predicted molar refractivity (Wildman–Crippen MR) is 131 cm³/mol. The normalized spacial score (nSPS) is 13.6. The van der Waals surface area contributed by atoms with Crippen molar-refractivity contribution in [2.24, 2.45) is 0 Å². The molecule has 1 saturated heterocycles. The fourth-order valence-corrected chi connectivity index (χ4v) is 4.83. The van der Waals surface area contributed by atoms with Crippen LogP contribution in [0.1, 0.15) is 27.3 Å². The van der Waals surface area contributed by atoms with Crippen molar-refractivity contribution in [3.05, 3.63) is 64.9 Å². The Balaban J connectivity index is 1.50. The van der Waals surface area contributed by atoms with Gasteiger partial charge in [-0.3, -0.25) is 14.6 Å². The number of carbonyl (C=O) groups is 2. The number of anilines is 2. The number of aromatic nitrogens is 2. The number of nitrogens with zero attached hydrogens (tertiary/aromatic N) is 4. The van der Waals surface area contributed by atoms with Crippen LogP contribution in [-0.2, 0) is 11.2 Å². The van der Waals surface area contributed by atoms with E-state index >= 15 is 0 Å². The molecular weight excluding hydrogens is 454 g/mol. The van der Waals surface area contributed by atoms with Gasteiger partial charge in [0, 0.05) is 57.2 Å². The lowest BCUT2D eigenvalue weighted by Crippen LogP contribution is -2.46. The Morgan fingerprint density at radius 3 is 2.38 bits per heavy atom. The van der Waals surface area contributed by atoms with Crippen LogP contribution in [0.2, 0.25) is 0 Å². The van der Waals surface area contributed by atoms with Gasteiger partial charge in [-0.2, -0.15) is 0 Å². The molecule has 178 valence electrons. The number of carbonyl (C=O) groups excluding carboxylic acids is 1. The Morgan fingerprint density at radius 1 is 1.06 bits per heavy atom. The largest absolute Gasteiger partial charge is 0.497 e. The highest BCUT2D eigenvalue weighted by molar-refractivity contribution is 7.17. The van der Waals surface area contributed by atoms with Crippen LogP contribution in [0.5, 0.6) is 5.75 Å². The zero-order valence-electron chi connectivity index (χ0n) is 18.9. The molecule has 0 radical (unpaired) electrons. The van der Waals surface area contributed by atoms with Crippen LogP contribution in [0, 0.1) is 0 Å². The van der Waals surface area contributed by atoms with Crippen molar-refractivity contribution in [2.75, 3.05) is 49.6 Å². The van der Waals surface area contributed by atoms with Crippen molar-refractivity contribution in [1.29, 1.82) is 0 Å². The molecule has 0 spiro atoms. The van der Waals surface area contributed by atoms with Crippen LogP contribution >= 0.6 is 11.3 Å². The lowest BCUT2D eigenvalue weighted by Gasteiger charge is -2.35. The molecule has 0 saturated carbocycles. The van der Waals surface area contributed by atoms with Crippen LogP contribution in [0.4, 0.5) is 10.8 Å². The second kappa shape index (κ2) is 11.0. The van der Waals surface area contributed by atoms with Gasteiger partial charge in [0.1, 0.15) is 10.6 Å². The molecule has 4 rings (SSSR count). The van der Waals surface area contributed by atoms with Crippen LogP contribution in [0.15, 0.2) is 48.8 Å². The maximum Gasteiger partial charge on any atom is 0.305 e. The fourth-order valence-electron chi connectivity index (χ4n) is 3.78. The minimum atomic E-state index is -0.948. The molecular formula is C24H27N5O4S. The molecule has 3 aromatic rings. The number of benzene rings is 1. The fraction of sp³-hybridized carbons (Fsp3) is 0.333. The maximum atomic E-state index is 12.9. The number of thiazole rings is 1. The average Bonchev–Trinajstić information content (AvgIpc) is 3.29. The number of carboxylic acids is 1. The van der Waals surface area contributed by atoms with Gasteiger partial charge in [-0.1, -0.05) is 23.5 Å². The molecule has 0 bridgehead atoms. The quantitative estimate of drug-likeness (QED) is 0.480. The Labute approximate surface area is 202 Å². The van der Waals surface area contributed by atoms with Crippen molar-refractivity contribution in [3.8, 4) is 5.75 Å². The predicted octanol–water partition coefficient (Wildman–Crippen LogP) is 2.67. The van der Waals surface area contributed by atoms with Crippen LogP contribution in [-0.4, -0.2) is 66.8 Å². The number of rotatable bonds is 9. The Morgan fingerprint density at radius 2 is 1.74 bits per heavy atom. The van der Waals surface area contributed by atoms with Gasteiger partial charge in [0.15, 0.2) is 5.13 Å². The highest BCUT2D eigenvalue weighted by Gasteiger charge is 2.24. The second-order valence-corrected chi connectivity index (χ2v) is 8.85. The number of ether oxygens (including phenoxy) is 1. The summed E-state index contributed by atoms with van der Waals surface area (Å²) in [5.74, 6) is -0.471. The SMILES string of the molecule is COc1ccc(Cc2nc(N3CCN(c4ccncc4)CC3)sc2C(=O)NCCC(=O)O)cc1. The molecule has 1 aliphatic heterocycles. The van der Waals surface area contributed by atoms with Gasteiger partial charge in [-0.25, -0.2) is 4.98 Å². The van der Waals surface area contributed by atoms with E-state index in [-0.39, 0.29) is 18.9 Å². The van der Waals surface area contributed by atoms with Gasteiger partial charge in [0.2, 0.25) is 0 Å². The highest BCUT2D eigenvalue weighted by atomic mass is 32.1. The van der Waals surface area contributed by atoms with Gasteiger partial charge in [-0.15, -0.1) is 0 Å². The summed E-state index contributed by atoms with van der Waals surface area (Å²) in [4.78, 5) is 37.7. The molecule has 1 aliphatic rings. The summed E-state index contributed by atoms with van der Waals surface area (Å²) in [7, 11) is 1.62. The first-order valence-corrected chi connectivity index (χ1v) is 11.9. The number of hydrogen-bond donors (Lipinski definition) is 2. The first-order chi connectivity index (χ1) is 16.5. The van der Waals surface area contributed by atoms with Crippen molar-refractivity contribution in [1.82, 2.24) is 15.3 Å².